The number of phenols is 1. The van der Waals surface area contributed by atoms with Crippen molar-refractivity contribution in [2.24, 2.45) is 0 Å². The molecule has 0 spiro atoms. The van der Waals surface area contributed by atoms with Gasteiger partial charge in [-0.2, -0.15) is 0 Å². The van der Waals surface area contributed by atoms with Crippen molar-refractivity contribution in [3.8, 4) is 5.75 Å². The minimum Gasteiger partial charge on any atom is -0.508 e. The first kappa shape index (κ1) is 26.6. The van der Waals surface area contributed by atoms with Crippen LogP contribution in [-0.2, 0) is 0 Å². The smallest absolute Gasteiger partial charge is 0.369 e. The molecule has 1 heterocycles. The van der Waals surface area contributed by atoms with Gasteiger partial charge >= 0.3 is 3.18 Å². The van der Waals surface area contributed by atoms with Crippen LogP contribution in [0.4, 0.5) is 21.5 Å². The predicted octanol–water partition coefficient (Wildman–Crippen LogP) is 6.57. The van der Waals surface area contributed by atoms with Gasteiger partial charge in [0.2, 0.25) is 0 Å². The maximum atomic E-state index is 13.0. The molecule has 1 saturated heterocycles. The van der Waals surface area contributed by atoms with E-state index in [1.54, 1.807) is 6.07 Å². The van der Waals surface area contributed by atoms with Gasteiger partial charge in [0.05, 0.1) is 0 Å². The average Bonchev–Trinajstić information content (AvgIpc) is 2.82. The summed E-state index contributed by atoms with van der Waals surface area (Å²) in [5, 5.41) is 12.5. The number of hydrogen-bond donors (Lipinski definition) is 2. The first-order valence-corrected chi connectivity index (χ1v) is 13.4. The zero-order valence-electron chi connectivity index (χ0n) is 18.5. The summed E-state index contributed by atoms with van der Waals surface area (Å²) in [4.78, 5) is 17.0. The van der Waals surface area contributed by atoms with Gasteiger partial charge in [0.1, 0.15) is 11.6 Å². The Morgan fingerprint density at radius 1 is 0.882 bits per heavy atom. The molecule has 3 aromatic rings. The van der Waals surface area contributed by atoms with Crippen molar-refractivity contribution in [3.05, 3.63) is 83.7 Å². The zero-order chi connectivity index (χ0) is 24.7. The quantitative estimate of drug-likeness (QED) is 0.312. The number of anilines is 3. The molecule has 178 valence electrons. The fourth-order valence-corrected chi connectivity index (χ4v) is 3.62. The molecule has 3 aromatic carbocycles. The minimum atomic E-state index is -0.335. The maximum absolute atomic E-state index is 13.0. The Morgan fingerprint density at radius 2 is 1.38 bits per heavy atom. The second-order valence-corrected chi connectivity index (χ2v) is 14.1. The summed E-state index contributed by atoms with van der Waals surface area (Å²) in [6.07, 6.45) is 0. The van der Waals surface area contributed by atoms with Crippen molar-refractivity contribution in [2.45, 2.75) is 6.92 Å². The van der Waals surface area contributed by atoms with Crippen LogP contribution in [0.1, 0.15) is 15.9 Å². The van der Waals surface area contributed by atoms with Gasteiger partial charge in [0.15, 0.2) is 0 Å². The number of rotatable bonds is 4. The summed E-state index contributed by atoms with van der Waals surface area (Å²) in [7, 11) is 0. The number of amides is 1. The maximum Gasteiger partial charge on any atom is 0.369 e. The number of nitrogens with zero attached hydrogens (tertiary/aromatic N) is 2. The van der Waals surface area contributed by atoms with Crippen LogP contribution in [0.15, 0.2) is 66.7 Å². The highest BCUT2D eigenvalue weighted by Crippen LogP contribution is 2.25. The van der Waals surface area contributed by atoms with E-state index in [0.29, 0.717) is 17.0 Å². The highest BCUT2D eigenvalue weighted by molar-refractivity contribution is 9.69. The molecular weight excluding hydrogens is 632 g/mol. The van der Waals surface area contributed by atoms with E-state index in [9.17, 15) is 14.3 Å². The molecule has 0 unspecified atom stereocenters. The van der Waals surface area contributed by atoms with E-state index in [-0.39, 0.29) is 14.9 Å². The van der Waals surface area contributed by atoms with Gasteiger partial charge in [-0.3, -0.25) is 4.79 Å². The minimum absolute atomic E-state index is 0.222. The van der Waals surface area contributed by atoms with Crippen molar-refractivity contribution in [1.82, 2.24) is 0 Å². The number of aromatic hydroxyl groups is 1. The van der Waals surface area contributed by atoms with Crippen LogP contribution in [0.2, 0.25) is 0 Å². The Labute approximate surface area is 224 Å². The van der Waals surface area contributed by atoms with Gasteiger partial charge in [-0.15, -0.1) is 47.3 Å². The van der Waals surface area contributed by atoms with Gasteiger partial charge in [-0.25, -0.2) is 4.39 Å². The molecule has 5 nitrogen and oxygen atoms in total. The average molecular weight is 656 g/mol. The molecule has 0 aromatic heterocycles. The van der Waals surface area contributed by atoms with E-state index >= 15 is 0 Å². The fourth-order valence-electron chi connectivity index (χ4n) is 3.62. The number of phenolic OH excluding ortho intramolecular Hbond substituents is 1. The lowest BCUT2D eigenvalue weighted by atomic mass is 10.1. The topological polar surface area (TPSA) is 55.8 Å². The van der Waals surface area contributed by atoms with Crippen molar-refractivity contribution in [2.75, 3.05) is 41.3 Å². The van der Waals surface area contributed by atoms with Gasteiger partial charge in [-0.05, 0) is 79.2 Å². The molecule has 2 N–H and O–H groups in total. The van der Waals surface area contributed by atoms with Crippen molar-refractivity contribution in [3.63, 3.8) is 0 Å². The Bertz CT molecular complexity index is 1090. The van der Waals surface area contributed by atoms with E-state index < -0.39 is 0 Å². The number of halogens is 4. The Hall–Kier alpha value is -2.04. The second kappa shape index (κ2) is 12.6. The van der Waals surface area contributed by atoms with Crippen molar-refractivity contribution >= 4 is 73.4 Å². The standard InChI is InChI=1S/C24H24FN3O2.BBr3/c1-17-16-22(10-11-23(17)29)28-14-12-27(13-15-28)21-8-2-18(3-9-21)24(30)26-20-6-4-19(25)5-7-20;2-1(3)4/h2-11,16,29H,12-15H2,1H3,(H,26,30);. The highest BCUT2D eigenvalue weighted by Gasteiger charge is 2.18. The van der Waals surface area contributed by atoms with Crippen LogP contribution in [0.25, 0.3) is 0 Å². The SMILES string of the molecule is BrB(Br)Br.Cc1cc(N2CCN(c3ccc(C(=O)Nc4ccc(F)cc4)cc3)CC2)ccc1O. The van der Waals surface area contributed by atoms with Crippen LogP contribution in [0.5, 0.6) is 5.75 Å². The van der Waals surface area contributed by atoms with Crippen LogP contribution in [0, 0.1) is 12.7 Å². The van der Waals surface area contributed by atoms with Gasteiger partial charge < -0.3 is 20.2 Å². The first-order valence-electron chi connectivity index (χ1n) is 10.6. The molecule has 4 rings (SSSR count). The van der Waals surface area contributed by atoms with Gasteiger partial charge in [0.25, 0.3) is 5.91 Å². The molecule has 10 heteroatoms. The third-order valence-corrected chi connectivity index (χ3v) is 5.42. The summed E-state index contributed by atoms with van der Waals surface area (Å²) >= 11 is 9.31. The van der Waals surface area contributed by atoms with E-state index in [1.807, 2.05) is 43.3 Å². The molecular formula is C24H24BBr3FN3O2. The number of nitrogens with one attached hydrogen (secondary N) is 1. The normalized spacial score (nSPS) is 13.1. The number of carbonyl (C=O) groups excluding carboxylic acids is 1. The van der Waals surface area contributed by atoms with Crippen LogP contribution < -0.4 is 15.1 Å². The van der Waals surface area contributed by atoms with Crippen molar-refractivity contribution < 1.29 is 14.3 Å². The van der Waals surface area contributed by atoms with E-state index in [1.165, 1.54) is 24.3 Å². The Morgan fingerprint density at radius 3 is 1.91 bits per heavy atom. The number of piperazine rings is 1. The second-order valence-electron chi connectivity index (χ2n) is 7.70. The zero-order valence-corrected chi connectivity index (χ0v) is 23.3. The third-order valence-electron chi connectivity index (χ3n) is 5.42. The lowest BCUT2D eigenvalue weighted by Gasteiger charge is -2.37. The molecule has 0 saturated carbocycles. The van der Waals surface area contributed by atoms with Crippen LogP contribution in [0.3, 0.4) is 0 Å². The summed E-state index contributed by atoms with van der Waals surface area (Å²) in [6.45, 7) is 5.43. The van der Waals surface area contributed by atoms with E-state index in [4.69, 9.17) is 0 Å². The summed E-state index contributed by atoms with van der Waals surface area (Å²) in [6, 6.07) is 19.0. The molecule has 1 aliphatic rings. The Kier molecular flexibility index (Phi) is 9.85. The van der Waals surface area contributed by atoms with Crippen LogP contribution in [-0.4, -0.2) is 40.4 Å². The lowest BCUT2D eigenvalue weighted by Crippen LogP contribution is -2.46. The van der Waals surface area contributed by atoms with Crippen molar-refractivity contribution in [1.29, 1.82) is 0 Å². The molecule has 0 bridgehead atoms. The van der Waals surface area contributed by atoms with E-state index in [2.05, 4.69) is 62.4 Å². The lowest BCUT2D eigenvalue weighted by molar-refractivity contribution is 0.102. The highest BCUT2D eigenvalue weighted by atomic mass is 79.9. The van der Waals surface area contributed by atoms with Crippen LogP contribution >= 0.6 is 47.3 Å². The molecule has 34 heavy (non-hydrogen) atoms. The first-order chi connectivity index (χ1) is 16.2. The summed E-state index contributed by atoms with van der Waals surface area (Å²) in [5.41, 5.74) is 4.20. The molecule has 0 aliphatic carbocycles. The molecule has 1 fully saturated rings. The summed E-state index contributed by atoms with van der Waals surface area (Å²) in [5.74, 6) is -0.236. The molecule has 0 atom stereocenters. The van der Waals surface area contributed by atoms with Gasteiger partial charge in [-0.1, -0.05) is 0 Å². The monoisotopic (exact) mass is 653 g/mol. The molecule has 1 aliphatic heterocycles. The largest absolute Gasteiger partial charge is 0.508 e. The number of aryl methyl sites for hydroxylation is 1. The number of carbonyl (C=O) groups is 1. The predicted molar refractivity (Wildman–Crippen MR) is 151 cm³/mol. The molecule has 1 amide bonds. The number of benzene rings is 3. The Balaban J connectivity index is 0.000000751. The number of hydrogen-bond acceptors (Lipinski definition) is 4. The molecule has 0 radical (unpaired) electrons. The summed E-state index contributed by atoms with van der Waals surface area (Å²) < 4.78 is 13.3. The van der Waals surface area contributed by atoms with Gasteiger partial charge in [0, 0.05) is 48.8 Å². The fraction of sp³-hybridized carbons (Fsp3) is 0.208. The third kappa shape index (κ3) is 7.75. The van der Waals surface area contributed by atoms with E-state index in [0.717, 1.165) is 43.1 Å².